The highest BCUT2D eigenvalue weighted by molar-refractivity contribution is 5.96. The van der Waals surface area contributed by atoms with Crippen molar-refractivity contribution in [3.05, 3.63) is 18.0 Å². The minimum absolute atomic E-state index is 0.137. The van der Waals surface area contributed by atoms with Crippen LogP contribution in [0.25, 0.3) is 0 Å². The van der Waals surface area contributed by atoms with Gasteiger partial charge in [0.15, 0.2) is 5.78 Å². The van der Waals surface area contributed by atoms with Crippen LogP contribution in [0, 0.1) is 11.3 Å². The molecule has 2 rings (SSSR count). The first-order chi connectivity index (χ1) is 8.06. The fourth-order valence-corrected chi connectivity index (χ4v) is 2.95. The van der Waals surface area contributed by atoms with E-state index in [0.717, 1.165) is 25.1 Å². The molecule has 0 amide bonds. The van der Waals surface area contributed by atoms with Crippen LogP contribution in [-0.4, -0.2) is 15.6 Å². The van der Waals surface area contributed by atoms with Crippen LogP contribution in [0.4, 0.5) is 0 Å². The average molecular weight is 234 g/mol. The number of nitrogens with zero attached hydrogens (tertiary/aromatic N) is 2. The second-order valence-corrected chi connectivity index (χ2v) is 5.68. The average Bonchev–Trinajstić information content (AvgIpc) is 2.75. The fourth-order valence-electron chi connectivity index (χ4n) is 2.95. The molecular weight excluding hydrogens is 212 g/mol. The molecule has 1 aromatic rings. The van der Waals surface area contributed by atoms with E-state index in [1.807, 2.05) is 17.7 Å². The Kier molecular flexibility index (Phi) is 3.36. The maximum atomic E-state index is 12.6. The number of hydrogen-bond acceptors (Lipinski definition) is 2. The van der Waals surface area contributed by atoms with Crippen molar-refractivity contribution in [2.45, 2.75) is 53.0 Å². The highest BCUT2D eigenvalue weighted by Crippen LogP contribution is 2.42. The van der Waals surface area contributed by atoms with Gasteiger partial charge in [0.05, 0.1) is 0 Å². The van der Waals surface area contributed by atoms with Crippen LogP contribution >= 0.6 is 0 Å². The molecule has 94 valence electrons. The molecule has 17 heavy (non-hydrogen) atoms. The van der Waals surface area contributed by atoms with E-state index in [0.29, 0.717) is 0 Å². The Morgan fingerprint density at radius 1 is 1.53 bits per heavy atom. The van der Waals surface area contributed by atoms with Crippen LogP contribution < -0.4 is 0 Å². The highest BCUT2D eigenvalue weighted by Gasteiger charge is 2.38. The number of hydrogen-bond donors (Lipinski definition) is 0. The van der Waals surface area contributed by atoms with E-state index >= 15 is 0 Å². The Hall–Kier alpha value is -1.12. The lowest BCUT2D eigenvalue weighted by molar-refractivity contribution is 0.0686. The summed E-state index contributed by atoms with van der Waals surface area (Å²) in [6.07, 6.45) is 6.35. The second-order valence-electron chi connectivity index (χ2n) is 5.68. The van der Waals surface area contributed by atoms with Gasteiger partial charge in [-0.1, -0.05) is 26.7 Å². The fraction of sp³-hybridized carbons (Fsp3) is 0.714. The summed E-state index contributed by atoms with van der Waals surface area (Å²) in [5.41, 5.74) is 0.922. The molecule has 1 saturated carbocycles. The maximum absolute atomic E-state index is 12.6. The number of rotatable bonds is 3. The number of carbonyl (C=O) groups excluding carboxylic acids is 1. The van der Waals surface area contributed by atoms with E-state index in [9.17, 15) is 4.79 Å². The molecule has 3 nitrogen and oxygen atoms in total. The number of carbonyl (C=O) groups is 1. The smallest absolute Gasteiger partial charge is 0.184 e. The van der Waals surface area contributed by atoms with Crippen LogP contribution in [0.15, 0.2) is 12.3 Å². The molecule has 0 aliphatic heterocycles. The summed E-state index contributed by atoms with van der Waals surface area (Å²) in [7, 11) is 0. The van der Waals surface area contributed by atoms with E-state index in [1.54, 1.807) is 6.20 Å². The van der Waals surface area contributed by atoms with E-state index in [2.05, 4.69) is 18.9 Å². The van der Waals surface area contributed by atoms with Gasteiger partial charge in [-0.2, -0.15) is 5.10 Å². The Morgan fingerprint density at radius 2 is 2.29 bits per heavy atom. The van der Waals surface area contributed by atoms with Gasteiger partial charge in [0.25, 0.3) is 0 Å². The molecule has 1 unspecified atom stereocenters. The Morgan fingerprint density at radius 3 is 2.94 bits per heavy atom. The van der Waals surface area contributed by atoms with Crippen LogP contribution in [0.3, 0.4) is 0 Å². The summed E-state index contributed by atoms with van der Waals surface area (Å²) in [6.45, 7) is 7.24. The summed E-state index contributed by atoms with van der Waals surface area (Å²) >= 11 is 0. The van der Waals surface area contributed by atoms with Gasteiger partial charge in [-0.05, 0) is 31.2 Å². The van der Waals surface area contributed by atoms with Gasteiger partial charge in [0.1, 0.15) is 5.69 Å². The zero-order chi connectivity index (χ0) is 12.5. The molecule has 1 aromatic heterocycles. The third-order valence-electron chi connectivity index (χ3n) is 4.09. The van der Waals surface area contributed by atoms with Gasteiger partial charge in [-0.3, -0.25) is 9.48 Å². The predicted octanol–water partition coefficient (Wildman–Crippen LogP) is 3.30. The van der Waals surface area contributed by atoms with Crippen LogP contribution in [0.1, 0.15) is 56.9 Å². The first-order valence-corrected chi connectivity index (χ1v) is 6.62. The maximum Gasteiger partial charge on any atom is 0.184 e. The molecule has 0 bridgehead atoms. The summed E-state index contributed by atoms with van der Waals surface area (Å²) in [6, 6.07) is 1.86. The van der Waals surface area contributed by atoms with Crippen LogP contribution in [0.2, 0.25) is 0 Å². The first kappa shape index (κ1) is 12.3. The van der Waals surface area contributed by atoms with Crippen molar-refractivity contribution in [1.82, 2.24) is 9.78 Å². The van der Waals surface area contributed by atoms with E-state index in [4.69, 9.17) is 0 Å². The number of Topliss-reactive ketones (excluding diaryl/α,β-unsaturated/α-hetero) is 1. The van der Waals surface area contributed by atoms with E-state index < -0.39 is 0 Å². The van der Waals surface area contributed by atoms with Crippen molar-refractivity contribution in [3.63, 3.8) is 0 Å². The largest absolute Gasteiger partial charge is 0.292 e. The highest BCUT2D eigenvalue weighted by atomic mass is 16.1. The van der Waals surface area contributed by atoms with E-state index in [-0.39, 0.29) is 17.1 Å². The van der Waals surface area contributed by atoms with Gasteiger partial charge in [-0.25, -0.2) is 0 Å². The number of aryl methyl sites for hydroxylation is 1. The minimum atomic E-state index is 0.137. The van der Waals surface area contributed by atoms with Crippen LogP contribution in [-0.2, 0) is 6.54 Å². The molecule has 0 radical (unpaired) electrons. The third kappa shape index (κ3) is 2.28. The van der Waals surface area contributed by atoms with Crippen molar-refractivity contribution >= 4 is 5.78 Å². The first-order valence-electron chi connectivity index (χ1n) is 6.62. The standard InChI is InChI=1S/C14H22N2O/c1-4-16-12(8-10-15-16)13(17)11-7-5-6-9-14(11,2)3/h8,10-11H,4-7,9H2,1-3H3. The lowest BCUT2D eigenvalue weighted by atomic mass is 9.67. The molecule has 0 spiro atoms. The Bertz CT molecular complexity index is 406. The zero-order valence-corrected chi connectivity index (χ0v) is 11.1. The number of aromatic nitrogens is 2. The summed E-state index contributed by atoms with van der Waals surface area (Å²) < 4.78 is 1.81. The zero-order valence-electron chi connectivity index (χ0n) is 11.1. The van der Waals surface area contributed by atoms with Crippen molar-refractivity contribution < 1.29 is 4.79 Å². The third-order valence-corrected chi connectivity index (χ3v) is 4.09. The molecule has 0 N–H and O–H groups in total. The monoisotopic (exact) mass is 234 g/mol. The number of ketones is 1. The van der Waals surface area contributed by atoms with Crippen molar-refractivity contribution in [3.8, 4) is 0 Å². The summed E-state index contributed by atoms with van der Waals surface area (Å²) in [4.78, 5) is 12.6. The predicted molar refractivity (Wildman–Crippen MR) is 68.0 cm³/mol. The molecule has 1 fully saturated rings. The van der Waals surface area contributed by atoms with Crippen molar-refractivity contribution in [2.24, 2.45) is 11.3 Å². The Labute approximate surface area is 103 Å². The molecule has 1 heterocycles. The molecule has 1 aliphatic carbocycles. The van der Waals surface area contributed by atoms with Gasteiger partial charge in [0.2, 0.25) is 0 Å². The normalized spacial score (nSPS) is 23.6. The minimum Gasteiger partial charge on any atom is -0.292 e. The van der Waals surface area contributed by atoms with Gasteiger partial charge in [-0.15, -0.1) is 0 Å². The molecule has 0 saturated heterocycles. The summed E-state index contributed by atoms with van der Waals surface area (Å²) in [5.74, 6) is 0.451. The van der Waals surface area contributed by atoms with Gasteiger partial charge in [0, 0.05) is 18.7 Å². The van der Waals surface area contributed by atoms with Gasteiger partial charge >= 0.3 is 0 Å². The topological polar surface area (TPSA) is 34.9 Å². The lowest BCUT2D eigenvalue weighted by Gasteiger charge is -2.37. The molecule has 1 atom stereocenters. The van der Waals surface area contributed by atoms with E-state index in [1.165, 1.54) is 12.8 Å². The Balaban J connectivity index is 2.25. The summed E-state index contributed by atoms with van der Waals surface area (Å²) in [5, 5.41) is 4.19. The molecule has 3 heteroatoms. The SMILES string of the molecule is CCn1nccc1C(=O)C1CCCCC1(C)C. The van der Waals surface area contributed by atoms with Gasteiger partial charge < -0.3 is 0 Å². The second kappa shape index (κ2) is 4.63. The quantitative estimate of drug-likeness (QED) is 0.752. The molecule has 1 aliphatic rings. The van der Waals surface area contributed by atoms with Crippen molar-refractivity contribution in [2.75, 3.05) is 0 Å². The van der Waals surface area contributed by atoms with Crippen molar-refractivity contribution in [1.29, 1.82) is 0 Å². The molecule has 0 aromatic carbocycles. The molecular formula is C14H22N2O. The lowest BCUT2D eigenvalue weighted by Crippen LogP contribution is -2.35. The van der Waals surface area contributed by atoms with Crippen LogP contribution in [0.5, 0.6) is 0 Å².